The highest BCUT2D eigenvalue weighted by Crippen LogP contribution is 2.36. The lowest BCUT2D eigenvalue weighted by Gasteiger charge is -2.32. The van der Waals surface area contributed by atoms with Crippen molar-refractivity contribution in [3.63, 3.8) is 0 Å². The maximum absolute atomic E-state index is 12.4. The summed E-state index contributed by atoms with van der Waals surface area (Å²) in [6.07, 6.45) is 3.63. The zero-order valence-corrected chi connectivity index (χ0v) is 10.8. The first kappa shape index (κ1) is 12.3. The summed E-state index contributed by atoms with van der Waals surface area (Å²) < 4.78 is 26.4. The molecule has 0 bridgehead atoms. The van der Waals surface area contributed by atoms with E-state index in [4.69, 9.17) is 0 Å². The summed E-state index contributed by atoms with van der Waals surface area (Å²) in [4.78, 5) is 0. The fourth-order valence-corrected chi connectivity index (χ4v) is 5.43. The van der Waals surface area contributed by atoms with E-state index in [9.17, 15) is 13.5 Å². The Labute approximate surface area is 97.7 Å². The first-order valence-electron chi connectivity index (χ1n) is 6.04. The van der Waals surface area contributed by atoms with Crippen molar-refractivity contribution in [2.45, 2.75) is 62.8 Å². The number of sulfonamides is 1. The number of β-amino-alcohol motifs (C(OH)–C–C–N with tert-alkyl or cyclic N) is 1. The first-order chi connectivity index (χ1) is 7.34. The van der Waals surface area contributed by atoms with E-state index in [1.54, 1.807) is 0 Å². The molecule has 16 heavy (non-hydrogen) atoms. The topological polar surface area (TPSA) is 57.6 Å². The van der Waals surface area contributed by atoms with Gasteiger partial charge in [-0.3, -0.25) is 0 Å². The van der Waals surface area contributed by atoms with E-state index >= 15 is 0 Å². The number of nitrogens with zero attached hydrogens (tertiary/aromatic N) is 1. The van der Waals surface area contributed by atoms with Gasteiger partial charge in [-0.2, -0.15) is 4.31 Å². The summed E-state index contributed by atoms with van der Waals surface area (Å²) in [5.41, 5.74) is -0.430. The number of aliphatic hydroxyl groups is 1. The van der Waals surface area contributed by atoms with Crippen LogP contribution in [0.15, 0.2) is 0 Å². The molecule has 5 heteroatoms. The van der Waals surface area contributed by atoms with Gasteiger partial charge in [-0.1, -0.05) is 12.8 Å². The maximum atomic E-state index is 12.4. The quantitative estimate of drug-likeness (QED) is 0.795. The Balaban J connectivity index is 2.23. The van der Waals surface area contributed by atoms with E-state index in [-0.39, 0.29) is 11.8 Å². The van der Waals surface area contributed by atoms with E-state index in [0.717, 1.165) is 25.7 Å². The molecule has 4 nitrogen and oxygen atoms in total. The monoisotopic (exact) mass is 247 g/mol. The van der Waals surface area contributed by atoms with Gasteiger partial charge in [-0.05, 0) is 33.1 Å². The van der Waals surface area contributed by atoms with Gasteiger partial charge in [-0.25, -0.2) is 8.42 Å². The molecule has 0 amide bonds. The zero-order chi connectivity index (χ0) is 12.0. The number of hydrogen-bond donors (Lipinski definition) is 1. The van der Waals surface area contributed by atoms with E-state index in [2.05, 4.69) is 0 Å². The van der Waals surface area contributed by atoms with Crippen LogP contribution in [0, 0.1) is 0 Å². The summed E-state index contributed by atoms with van der Waals surface area (Å²) in [6, 6.07) is 0. The minimum atomic E-state index is -3.21. The fourth-order valence-electron chi connectivity index (χ4n) is 3.00. The van der Waals surface area contributed by atoms with Gasteiger partial charge in [0.1, 0.15) is 0 Å². The van der Waals surface area contributed by atoms with Gasteiger partial charge in [-0.15, -0.1) is 0 Å². The van der Waals surface area contributed by atoms with Crippen LogP contribution in [0.3, 0.4) is 0 Å². The van der Waals surface area contributed by atoms with Gasteiger partial charge >= 0.3 is 0 Å². The van der Waals surface area contributed by atoms with Gasteiger partial charge in [0.05, 0.1) is 11.4 Å². The molecule has 1 unspecified atom stereocenters. The van der Waals surface area contributed by atoms with Crippen LogP contribution in [0.5, 0.6) is 0 Å². The third-order valence-corrected chi connectivity index (χ3v) is 6.39. The molecule has 0 aromatic heterocycles. The van der Waals surface area contributed by atoms with Crippen molar-refractivity contribution in [2.24, 2.45) is 0 Å². The minimum absolute atomic E-state index is 0.211. The third kappa shape index (κ3) is 2.00. The maximum Gasteiger partial charge on any atom is 0.217 e. The minimum Gasteiger partial charge on any atom is -0.392 e. The van der Waals surface area contributed by atoms with Crippen molar-refractivity contribution in [1.82, 2.24) is 4.31 Å². The second kappa shape index (κ2) is 3.96. The van der Waals surface area contributed by atoms with Crippen molar-refractivity contribution in [3.8, 4) is 0 Å². The normalized spacial score (nSPS) is 32.3. The first-order valence-corrected chi connectivity index (χ1v) is 7.54. The number of rotatable bonds is 2. The molecule has 2 rings (SSSR count). The highest BCUT2D eigenvalue weighted by atomic mass is 32.2. The van der Waals surface area contributed by atoms with Crippen LogP contribution >= 0.6 is 0 Å². The fraction of sp³-hybridized carbons (Fsp3) is 1.00. The van der Waals surface area contributed by atoms with Crippen molar-refractivity contribution < 1.29 is 13.5 Å². The molecular weight excluding hydrogens is 226 g/mol. The average Bonchev–Trinajstić information content (AvgIpc) is 2.72. The lowest BCUT2D eigenvalue weighted by atomic mass is 10.0. The molecule has 94 valence electrons. The smallest absolute Gasteiger partial charge is 0.217 e. The highest BCUT2D eigenvalue weighted by molar-refractivity contribution is 7.89. The van der Waals surface area contributed by atoms with Gasteiger partial charge in [0.15, 0.2) is 0 Å². The molecule has 0 aromatic rings. The van der Waals surface area contributed by atoms with Crippen LogP contribution in [0.25, 0.3) is 0 Å². The van der Waals surface area contributed by atoms with Crippen LogP contribution in [0.1, 0.15) is 46.0 Å². The summed E-state index contributed by atoms with van der Waals surface area (Å²) in [7, 11) is -3.21. The summed E-state index contributed by atoms with van der Waals surface area (Å²) >= 11 is 0. The molecule has 0 radical (unpaired) electrons. The van der Waals surface area contributed by atoms with Gasteiger partial charge < -0.3 is 5.11 Å². The molecule has 1 aliphatic carbocycles. The zero-order valence-electron chi connectivity index (χ0n) is 10.0. The Morgan fingerprint density at radius 3 is 2.25 bits per heavy atom. The Kier molecular flexibility index (Phi) is 3.05. The van der Waals surface area contributed by atoms with Crippen LogP contribution in [-0.2, 0) is 10.0 Å². The van der Waals surface area contributed by atoms with E-state index in [1.807, 2.05) is 13.8 Å². The van der Waals surface area contributed by atoms with Crippen LogP contribution in [0.4, 0.5) is 0 Å². The third-order valence-electron chi connectivity index (χ3n) is 3.82. The molecular formula is C11H21NO3S. The second-order valence-corrected chi connectivity index (χ2v) is 7.79. The van der Waals surface area contributed by atoms with Gasteiger partial charge in [0.2, 0.25) is 10.0 Å². The number of aliphatic hydroxyl groups excluding tert-OH is 1. The Bertz CT molecular complexity index is 357. The summed E-state index contributed by atoms with van der Waals surface area (Å²) in [5.74, 6) is 0. The lowest BCUT2D eigenvalue weighted by molar-refractivity contribution is 0.187. The predicted octanol–water partition coefficient (Wildman–Crippen LogP) is 1.10. The van der Waals surface area contributed by atoms with Crippen molar-refractivity contribution >= 4 is 10.0 Å². The molecule has 1 N–H and O–H groups in total. The van der Waals surface area contributed by atoms with Crippen LogP contribution in [0.2, 0.25) is 0 Å². The molecule has 1 atom stereocenters. The van der Waals surface area contributed by atoms with E-state index in [0.29, 0.717) is 6.42 Å². The molecule has 2 aliphatic rings. The summed E-state index contributed by atoms with van der Waals surface area (Å²) in [6.45, 7) is 4.07. The van der Waals surface area contributed by atoms with Crippen molar-refractivity contribution in [1.29, 1.82) is 0 Å². The van der Waals surface area contributed by atoms with Gasteiger partial charge in [0, 0.05) is 12.1 Å². The molecule has 1 aliphatic heterocycles. The summed E-state index contributed by atoms with van der Waals surface area (Å²) in [5, 5.41) is 9.42. The molecule has 2 fully saturated rings. The predicted molar refractivity (Wildman–Crippen MR) is 62.6 cm³/mol. The SMILES string of the molecule is CC1(C)CC(O)CN1S(=O)(=O)C1CCCC1. The molecule has 1 saturated heterocycles. The highest BCUT2D eigenvalue weighted by Gasteiger charge is 2.47. The second-order valence-electron chi connectivity index (χ2n) is 5.65. The largest absolute Gasteiger partial charge is 0.392 e. The molecule has 1 saturated carbocycles. The number of hydrogen-bond acceptors (Lipinski definition) is 3. The van der Waals surface area contributed by atoms with Gasteiger partial charge in [0.25, 0.3) is 0 Å². The Morgan fingerprint density at radius 1 is 1.25 bits per heavy atom. The molecule has 0 spiro atoms. The standard InChI is InChI=1S/C11H21NO3S/c1-11(2)7-9(13)8-12(11)16(14,15)10-5-3-4-6-10/h9-10,13H,3-8H2,1-2H3. The molecule has 0 aromatic carbocycles. The van der Waals surface area contributed by atoms with Crippen molar-refractivity contribution in [2.75, 3.05) is 6.54 Å². The van der Waals surface area contributed by atoms with E-state index < -0.39 is 21.7 Å². The van der Waals surface area contributed by atoms with Crippen LogP contribution < -0.4 is 0 Å². The Hall–Kier alpha value is -0.130. The van der Waals surface area contributed by atoms with Crippen molar-refractivity contribution in [3.05, 3.63) is 0 Å². The van der Waals surface area contributed by atoms with Crippen LogP contribution in [-0.4, -0.2) is 41.3 Å². The molecule has 1 heterocycles. The average molecular weight is 247 g/mol. The Morgan fingerprint density at radius 2 is 1.81 bits per heavy atom. The lowest BCUT2D eigenvalue weighted by Crippen LogP contribution is -2.46. The van der Waals surface area contributed by atoms with E-state index in [1.165, 1.54) is 4.31 Å².